The molecule has 8 heteroatoms. The monoisotopic (exact) mass is 352 g/mol. The van der Waals surface area contributed by atoms with Crippen LogP contribution in [0.15, 0.2) is 63.8 Å². The van der Waals surface area contributed by atoms with Crippen molar-refractivity contribution in [2.24, 2.45) is 0 Å². The fraction of sp³-hybridized carbons (Fsp3) is 0.0588. The van der Waals surface area contributed by atoms with Gasteiger partial charge in [0, 0.05) is 5.56 Å². The molecule has 0 bridgehead atoms. The molecular formula is C17H12N4O3S. The van der Waals surface area contributed by atoms with Crippen molar-refractivity contribution in [1.82, 2.24) is 19.2 Å². The molecule has 0 aliphatic rings. The first kappa shape index (κ1) is 15.3. The second-order valence-electron chi connectivity index (χ2n) is 5.18. The molecule has 0 amide bonds. The van der Waals surface area contributed by atoms with E-state index in [1.54, 1.807) is 43.5 Å². The van der Waals surface area contributed by atoms with Crippen LogP contribution in [0.1, 0.15) is 0 Å². The van der Waals surface area contributed by atoms with Crippen LogP contribution in [0.5, 0.6) is 5.75 Å². The summed E-state index contributed by atoms with van der Waals surface area (Å²) in [4.78, 5) is 17.0. The summed E-state index contributed by atoms with van der Waals surface area (Å²) in [5, 5.41) is 4.23. The lowest BCUT2D eigenvalue weighted by Crippen LogP contribution is -2.27. The lowest BCUT2D eigenvalue weighted by molar-refractivity contribution is 0.415. The molecule has 0 unspecified atom stereocenters. The van der Waals surface area contributed by atoms with Crippen molar-refractivity contribution < 1.29 is 9.15 Å². The number of para-hydroxylation sites is 1. The number of rotatable bonds is 3. The zero-order valence-corrected chi connectivity index (χ0v) is 13.9. The number of benzene rings is 2. The summed E-state index contributed by atoms with van der Waals surface area (Å²) in [5.74, 6) is 1.03. The summed E-state index contributed by atoms with van der Waals surface area (Å²) in [7, 11) is 1.59. The molecule has 2 aromatic heterocycles. The third-order valence-corrected chi connectivity index (χ3v) is 3.94. The molecule has 4 aromatic rings. The number of fused-ring (bicyclic) bond motifs is 1. The van der Waals surface area contributed by atoms with Gasteiger partial charge in [-0.15, -0.1) is 9.61 Å². The normalized spacial score (nSPS) is 10.9. The van der Waals surface area contributed by atoms with Gasteiger partial charge in [-0.2, -0.15) is 4.98 Å². The first-order valence-electron chi connectivity index (χ1n) is 7.40. The summed E-state index contributed by atoms with van der Waals surface area (Å²) in [6.45, 7) is 0. The van der Waals surface area contributed by atoms with Gasteiger partial charge < -0.3 is 9.15 Å². The fourth-order valence-corrected chi connectivity index (χ4v) is 2.70. The Bertz CT molecular complexity index is 1160. The zero-order chi connectivity index (χ0) is 17.4. The van der Waals surface area contributed by atoms with Crippen LogP contribution in [0.4, 0.5) is 0 Å². The fourth-order valence-electron chi connectivity index (χ4n) is 2.44. The molecule has 2 aromatic carbocycles. The number of nitrogens with zero attached hydrogens (tertiary/aromatic N) is 4. The highest BCUT2D eigenvalue weighted by Gasteiger charge is 2.14. The maximum atomic E-state index is 12.8. The number of hydrogen-bond donors (Lipinski definition) is 0. The Morgan fingerprint density at radius 1 is 1.08 bits per heavy atom. The second-order valence-corrected chi connectivity index (χ2v) is 5.54. The SMILES string of the molecule is COc1ccc(-c2nn3c(=O)n(-c4ccccc4)c(=S)nc3o2)cc1. The van der Waals surface area contributed by atoms with Crippen molar-refractivity contribution in [2.75, 3.05) is 7.11 Å². The molecular weight excluding hydrogens is 340 g/mol. The molecule has 0 aliphatic heterocycles. The highest BCUT2D eigenvalue weighted by atomic mass is 32.1. The summed E-state index contributed by atoms with van der Waals surface area (Å²) in [5.41, 5.74) is 0.876. The number of hydrogen-bond acceptors (Lipinski definition) is 6. The quantitative estimate of drug-likeness (QED) is 0.528. The van der Waals surface area contributed by atoms with E-state index >= 15 is 0 Å². The Kier molecular flexibility index (Phi) is 3.66. The van der Waals surface area contributed by atoms with E-state index in [1.807, 2.05) is 18.2 Å². The largest absolute Gasteiger partial charge is 0.497 e. The minimum atomic E-state index is -0.440. The topological polar surface area (TPSA) is 74.6 Å². The Labute approximate surface area is 146 Å². The van der Waals surface area contributed by atoms with Gasteiger partial charge >= 0.3 is 11.5 Å². The molecule has 0 aliphatic carbocycles. The van der Waals surface area contributed by atoms with Crippen LogP contribution in [0.25, 0.3) is 23.0 Å². The predicted octanol–water partition coefficient (Wildman–Crippen LogP) is 2.88. The first-order chi connectivity index (χ1) is 12.2. The molecule has 0 N–H and O–H groups in total. The molecule has 0 spiro atoms. The first-order valence-corrected chi connectivity index (χ1v) is 7.81. The van der Waals surface area contributed by atoms with Crippen LogP contribution in [0.3, 0.4) is 0 Å². The van der Waals surface area contributed by atoms with Crippen molar-refractivity contribution in [3.8, 4) is 22.9 Å². The lowest BCUT2D eigenvalue weighted by Gasteiger charge is -2.03. The number of methoxy groups -OCH3 is 1. The van der Waals surface area contributed by atoms with Gasteiger partial charge in [-0.1, -0.05) is 18.2 Å². The molecule has 124 valence electrons. The third-order valence-electron chi connectivity index (χ3n) is 3.67. The molecule has 0 saturated carbocycles. The number of ether oxygens (including phenoxy) is 1. The van der Waals surface area contributed by atoms with E-state index < -0.39 is 5.69 Å². The number of aromatic nitrogens is 4. The van der Waals surface area contributed by atoms with Crippen LogP contribution >= 0.6 is 12.2 Å². The van der Waals surface area contributed by atoms with E-state index in [0.29, 0.717) is 17.0 Å². The maximum absolute atomic E-state index is 12.8. The molecule has 0 fully saturated rings. The molecule has 4 rings (SSSR count). The smallest absolute Gasteiger partial charge is 0.360 e. The highest BCUT2D eigenvalue weighted by molar-refractivity contribution is 7.71. The second kappa shape index (κ2) is 5.99. The van der Waals surface area contributed by atoms with Crippen molar-refractivity contribution in [3.05, 3.63) is 69.9 Å². The van der Waals surface area contributed by atoms with E-state index in [0.717, 1.165) is 4.52 Å². The van der Waals surface area contributed by atoms with Gasteiger partial charge in [0.05, 0.1) is 12.8 Å². The van der Waals surface area contributed by atoms with Crippen LogP contribution in [0, 0.1) is 4.77 Å². The van der Waals surface area contributed by atoms with Gasteiger partial charge in [0.1, 0.15) is 5.75 Å². The minimum absolute atomic E-state index is 0.0491. The molecule has 2 heterocycles. The average Bonchev–Trinajstić information content (AvgIpc) is 3.07. The summed E-state index contributed by atoms with van der Waals surface area (Å²) < 4.78 is 13.2. The Hall–Kier alpha value is -3.26. The standard InChI is InChI=1S/C17H12N4O3S/c1-23-13-9-7-11(8-10-13)14-19-21-15(24-14)18-16(25)20(17(21)22)12-5-3-2-4-6-12/h2-10H,1H3. The van der Waals surface area contributed by atoms with Crippen molar-refractivity contribution >= 4 is 18.1 Å². The summed E-state index contributed by atoms with van der Waals surface area (Å²) in [6, 6.07) is 16.2. The van der Waals surface area contributed by atoms with Crippen molar-refractivity contribution in [1.29, 1.82) is 0 Å². The van der Waals surface area contributed by atoms with E-state index in [-0.39, 0.29) is 16.5 Å². The third kappa shape index (κ3) is 2.62. The van der Waals surface area contributed by atoms with Gasteiger partial charge in [0.2, 0.25) is 10.7 Å². The Balaban J connectivity index is 1.90. The average molecular weight is 352 g/mol. The van der Waals surface area contributed by atoms with Gasteiger partial charge in [-0.25, -0.2) is 9.36 Å². The highest BCUT2D eigenvalue weighted by Crippen LogP contribution is 2.21. The molecule has 25 heavy (non-hydrogen) atoms. The molecule has 7 nitrogen and oxygen atoms in total. The van der Waals surface area contributed by atoms with E-state index in [4.69, 9.17) is 21.4 Å². The minimum Gasteiger partial charge on any atom is -0.497 e. The van der Waals surface area contributed by atoms with Crippen molar-refractivity contribution in [3.63, 3.8) is 0 Å². The summed E-state index contributed by atoms with van der Waals surface area (Å²) >= 11 is 5.24. The van der Waals surface area contributed by atoms with E-state index in [2.05, 4.69) is 10.1 Å². The van der Waals surface area contributed by atoms with E-state index in [9.17, 15) is 4.79 Å². The van der Waals surface area contributed by atoms with Crippen LogP contribution in [-0.2, 0) is 0 Å². The van der Waals surface area contributed by atoms with Crippen LogP contribution in [-0.4, -0.2) is 26.3 Å². The van der Waals surface area contributed by atoms with Crippen LogP contribution < -0.4 is 10.4 Å². The maximum Gasteiger partial charge on any atom is 0.360 e. The van der Waals surface area contributed by atoms with Crippen LogP contribution in [0.2, 0.25) is 0 Å². The molecule has 0 atom stereocenters. The summed E-state index contributed by atoms with van der Waals surface area (Å²) in [6.07, 6.45) is 0. The lowest BCUT2D eigenvalue weighted by atomic mass is 10.2. The van der Waals surface area contributed by atoms with Gasteiger partial charge in [-0.05, 0) is 48.6 Å². The van der Waals surface area contributed by atoms with Gasteiger partial charge in [-0.3, -0.25) is 0 Å². The van der Waals surface area contributed by atoms with Gasteiger partial charge in [0.25, 0.3) is 0 Å². The van der Waals surface area contributed by atoms with Gasteiger partial charge in [0.15, 0.2) is 0 Å². The predicted molar refractivity (Wildman–Crippen MR) is 93.7 cm³/mol. The molecule has 0 radical (unpaired) electrons. The Morgan fingerprint density at radius 2 is 1.80 bits per heavy atom. The van der Waals surface area contributed by atoms with E-state index in [1.165, 1.54) is 4.57 Å². The van der Waals surface area contributed by atoms with Crippen molar-refractivity contribution in [2.45, 2.75) is 0 Å². The zero-order valence-electron chi connectivity index (χ0n) is 13.1. The molecule has 0 saturated heterocycles. The Morgan fingerprint density at radius 3 is 2.48 bits per heavy atom.